The van der Waals surface area contributed by atoms with Gasteiger partial charge in [-0.2, -0.15) is 0 Å². The molecular weight excluding hydrogens is 430 g/mol. The molecule has 4 nitrogen and oxygen atoms in total. The molecule has 6 rings (SSSR count). The maximum Gasteiger partial charge on any atom is 0.253 e. The van der Waals surface area contributed by atoms with Crippen molar-refractivity contribution in [3.05, 3.63) is 71.3 Å². The average Bonchev–Trinajstić information content (AvgIpc) is 3.67. The summed E-state index contributed by atoms with van der Waals surface area (Å²) in [5.41, 5.74) is 5.85. The first-order valence-corrected chi connectivity index (χ1v) is 12.4. The molecule has 168 valence electrons. The lowest BCUT2D eigenvalue weighted by Gasteiger charge is -2.36. The van der Waals surface area contributed by atoms with Gasteiger partial charge in [0.05, 0.1) is 0 Å². The van der Waals surface area contributed by atoms with Gasteiger partial charge >= 0.3 is 0 Å². The van der Waals surface area contributed by atoms with Crippen molar-refractivity contribution in [1.82, 2.24) is 14.9 Å². The van der Waals surface area contributed by atoms with Crippen LogP contribution in [0.15, 0.2) is 55.0 Å². The lowest BCUT2D eigenvalue weighted by Crippen LogP contribution is -2.44. The predicted octanol–water partition coefficient (Wildman–Crippen LogP) is 6.46. The Morgan fingerprint density at radius 1 is 0.939 bits per heavy atom. The molecule has 2 saturated carbocycles. The number of hydrogen-bond acceptors (Lipinski definition) is 3. The number of carbonyl (C=O) groups is 1. The van der Waals surface area contributed by atoms with Gasteiger partial charge in [-0.05, 0) is 79.3 Å². The highest BCUT2D eigenvalue weighted by atomic mass is 35.5. The molecule has 1 aliphatic heterocycles. The van der Waals surface area contributed by atoms with E-state index in [9.17, 15) is 4.79 Å². The van der Waals surface area contributed by atoms with Crippen molar-refractivity contribution in [3.8, 4) is 22.3 Å². The molecule has 0 radical (unpaired) electrons. The van der Waals surface area contributed by atoms with Crippen molar-refractivity contribution in [1.29, 1.82) is 0 Å². The average molecular weight is 458 g/mol. The van der Waals surface area contributed by atoms with Crippen LogP contribution in [0.25, 0.3) is 22.3 Å². The third kappa shape index (κ3) is 3.95. The molecule has 3 heterocycles. The standard InChI is InChI=1S/C28H28ClN3O/c1-17-21-4-5-22(17)16-32(15-21)28(33)20-6-7-25(26(29)11-20)24-10-23(13-30-14-24)19-8-9-31-27(12-19)18-2-3-18/h6-14,17-18,21-22H,2-5,15-16H2,1H3. The van der Waals surface area contributed by atoms with Crippen molar-refractivity contribution in [2.75, 3.05) is 13.1 Å². The van der Waals surface area contributed by atoms with E-state index in [1.807, 2.05) is 47.8 Å². The van der Waals surface area contributed by atoms with E-state index in [0.717, 1.165) is 41.3 Å². The van der Waals surface area contributed by atoms with E-state index < -0.39 is 0 Å². The van der Waals surface area contributed by atoms with Crippen molar-refractivity contribution >= 4 is 17.5 Å². The molecule has 0 N–H and O–H groups in total. The molecule has 33 heavy (non-hydrogen) atoms. The number of likely N-dealkylation sites (tertiary alicyclic amines) is 1. The molecule has 2 aliphatic carbocycles. The van der Waals surface area contributed by atoms with Crippen LogP contribution in [-0.4, -0.2) is 33.9 Å². The topological polar surface area (TPSA) is 46.1 Å². The molecular formula is C28H28ClN3O. The monoisotopic (exact) mass is 457 g/mol. The maximum atomic E-state index is 13.2. The zero-order valence-electron chi connectivity index (χ0n) is 18.9. The van der Waals surface area contributed by atoms with Crippen molar-refractivity contribution in [3.63, 3.8) is 0 Å². The Labute approximate surface area is 200 Å². The number of carbonyl (C=O) groups excluding carboxylic acids is 1. The van der Waals surface area contributed by atoms with E-state index in [-0.39, 0.29) is 5.91 Å². The van der Waals surface area contributed by atoms with Crippen LogP contribution < -0.4 is 0 Å². The van der Waals surface area contributed by atoms with E-state index >= 15 is 0 Å². The van der Waals surface area contributed by atoms with Crippen LogP contribution in [0.3, 0.4) is 0 Å². The molecule has 2 unspecified atom stereocenters. The zero-order valence-corrected chi connectivity index (χ0v) is 19.6. The van der Waals surface area contributed by atoms with Gasteiger partial charge in [0, 0.05) is 70.6 Å². The van der Waals surface area contributed by atoms with Gasteiger partial charge in [-0.25, -0.2) is 0 Å². The second kappa shape index (κ2) is 8.25. The molecule has 1 saturated heterocycles. The summed E-state index contributed by atoms with van der Waals surface area (Å²) in [6, 6.07) is 12.0. The number of hydrogen-bond donors (Lipinski definition) is 0. The smallest absolute Gasteiger partial charge is 0.253 e. The molecule has 1 amide bonds. The normalized spacial score (nSPS) is 24.2. The van der Waals surface area contributed by atoms with Gasteiger partial charge in [0.25, 0.3) is 5.91 Å². The van der Waals surface area contributed by atoms with E-state index in [1.54, 1.807) is 0 Å². The summed E-state index contributed by atoms with van der Waals surface area (Å²) >= 11 is 6.70. The number of rotatable bonds is 4. The lowest BCUT2D eigenvalue weighted by molar-refractivity contribution is 0.0588. The Morgan fingerprint density at radius 3 is 2.42 bits per heavy atom. The predicted molar refractivity (Wildman–Crippen MR) is 131 cm³/mol. The zero-order chi connectivity index (χ0) is 22.5. The van der Waals surface area contributed by atoms with Crippen molar-refractivity contribution < 1.29 is 4.79 Å². The summed E-state index contributed by atoms with van der Waals surface area (Å²) in [5.74, 6) is 2.73. The van der Waals surface area contributed by atoms with Gasteiger partial charge in [-0.1, -0.05) is 24.6 Å². The highest BCUT2D eigenvalue weighted by Gasteiger charge is 2.40. The summed E-state index contributed by atoms with van der Waals surface area (Å²) in [5, 5.41) is 0.585. The highest BCUT2D eigenvalue weighted by Crippen LogP contribution is 2.42. The van der Waals surface area contributed by atoms with Crippen LogP contribution in [0.4, 0.5) is 0 Å². The summed E-state index contributed by atoms with van der Waals surface area (Å²) in [6.07, 6.45) is 10.6. The van der Waals surface area contributed by atoms with Crippen LogP contribution in [0, 0.1) is 17.8 Å². The first-order valence-electron chi connectivity index (χ1n) is 12.1. The number of halogens is 1. The van der Waals surface area contributed by atoms with E-state index in [4.69, 9.17) is 11.6 Å². The first-order chi connectivity index (χ1) is 16.1. The fourth-order valence-corrected chi connectivity index (χ4v) is 5.99. The van der Waals surface area contributed by atoms with E-state index in [2.05, 4.69) is 29.0 Å². The Kier molecular flexibility index (Phi) is 5.21. The van der Waals surface area contributed by atoms with Crippen molar-refractivity contribution in [2.45, 2.75) is 38.5 Å². The number of nitrogens with zero attached hydrogens (tertiary/aromatic N) is 3. The van der Waals surface area contributed by atoms with Crippen molar-refractivity contribution in [2.24, 2.45) is 17.8 Å². The quantitative estimate of drug-likeness (QED) is 0.451. The molecule has 3 aliphatic rings. The second-order valence-electron chi connectivity index (χ2n) is 10.1. The third-order valence-electron chi connectivity index (χ3n) is 7.97. The fourth-order valence-electron chi connectivity index (χ4n) is 5.70. The number of fused-ring (bicyclic) bond motifs is 2. The Morgan fingerprint density at radius 2 is 1.70 bits per heavy atom. The number of pyridine rings is 2. The third-order valence-corrected chi connectivity index (χ3v) is 8.28. The molecule has 3 aromatic rings. The van der Waals surface area contributed by atoms with Gasteiger partial charge in [0.15, 0.2) is 0 Å². The number of amides is 1. The minimum absolute atomic E-state index is 0.100. The molecule has 5 heteroatoms. The Bertz CT molecular complexity index is 1210. The van der Waals surface area contributed by atoms with Crippen LogP contribution in [-0.2, 0) is 0 Å². The maximum absolute atomic E-state index is 13.2. The molecule has 3 fully saturated rings. The SMILES string of the molecule is CC1C2CCC1CN(C(=O)c1ccc(-c3cncc(-c4ccnc(C5CC5)c4)c3)c(Cl)c1)C2. The molecule has 2 bridgehead atoms. The fraction of sp³-hybridized carbons (Fsp3) is 0.393. The number of piperidine rings is 1. The molecule has 2 aromatic heterocycles. The van der Waals surface area contributed by atoms with E-state index in [1.165, 1.54) is 31.4 Å². The minimum Gasteiger partial charge on any atom is -0.338 e. The van der Waals surface area contributed by atoms with Gasteiger partial charge in [0.2, 0.25) is 0 Å². The lowest BCUT2D eigenvalue weighted by atomic mass is 9.86. The first kappa shape index (κ1) is 20.9. The highest BCUT2D eigenvalue weighted by molar-refractivity contribution is 6.33. The summed E-state index contributed by atoms with van der Waals surface area (Å²) < 4.78 is 0. The summed E-state index contributed by atoms with van der Waals surface area (Å²) in [4.78, 5) is 24.2. The summed E-state index contributed by atoms with van der Waals surface area (Å²) in [6.45, 7) is 4.09. The van der Waals surface area contributed by atoms with Gasteiger partial charge in [0.1, 0.15) is 0 Å². The van der Waals surface area contributed by atoms with Crippen LogP contribution in [0.1, 0.15) is 54.6 Å². The number of aromatic nitrogens is 2. The van der Waals surface area contributed by atoms with Gasteiger partial charge in [-0.15, -0.1) is 0 Å². The molecule has 2 atom stereocenters. The Hall–Kier alpha value is -2.72. The largest absolute Gasteiger partial charge is 0.338 e. The van der Waals surface area contributed by atoms with Gasteiger partial charge < -0.3 is 4.90 Å². The van der Waals surface area contributed by atoms with Gasteiger partial charge in [-0.3, -0.25) is 14.8 Å². The molecule has 0 spiro atoms. The molecule has 1 aromatic carbocycles. The Balaban J connectivity index is 1.25. The van der Waals surface area contributed by atoms with Crippen LogP contribution in [0.2, 0.25) is 5.02 Å². The second-order valence-corrected chi connectivity index (χ2v) is 10.5. The summed E-state index contributed by atoms with van der Waals surface area (Å²) in [7, 11) is 0. The van der Waals surface area contributed by atoms with Crippen LogP contribution in [0.5, 0.6) is 0 Å². The number of benzene rings is 1. The van der Waals surface area contributed by atoms with Crippen LogP contribution >= 0.6 is 11.6 Å². The van der Waals surface area contributed by atoms with E-state index in [0.29, 0.717) is 28.3 Å². The minimum atomic E-state index is 0.100.